The highest BCUT2D eigenvalue weighted by atomic mass is 15.0. The number of allylic oxidation sites excluding steroid dienone is 1. The second-order valence-electron chi connectivity index (χ2n) is 6.71. The average Bonchev–Trinajstić information content (AvgIpc) is 2.55. The molecule has 0 aliphatic carbocycles. The number of hydrogen-bond acceptors (Lipinski definition) is 4. The molecule has 0 unspecified atom stereocenters. The van der Waals surface area contributed by atoms with Crippen molar-refractivity contribution in [3.05, 3.63) is 41.0 Å². The smallest absolute Gasteiger partial charge is 0.153 e. The van der Waals surface area contributed by atoms with Crippen molar-refractivity contribution in [3.63, 3.8) is 0 Å². The van der Waals surface area contributed by atoms with Crippen molar-refractivity contribution in [3.8, 4) is 12.1 Å². The Labute approximate surface area is 138 Å². The molecule has 1 aliphatic heterocycles. The van der Waals surface area contributed by atoms with E-state index in [1.54, 1.807) is 0 Å². The van der Waals surface area contributed by atoms with Gasteiger partial charge in [0.25, 0.3) is 0 Å². The van der Waals surface area contributed by atoms with Crippen LogP contribution in [0.2, 0.25) is 0 Å². The van der Waals surface area contributed by atoms with E-state index in [1.807, 2.05) is 36.4 Å². The van der Waals surface area contributed by atoms with Gasteiger partial charge in [-0.3, -0.25) is 4.99 Å². The van der Waals surface area contributed by atoms with Crippen LogP contribution >= 0.6 is 0 Å². The average molecular weight is 306 g/mol. The largest absolute Gasteiger partial charge is 0.342 e. The molecule has 4 nitrogen and oxygen atoms in total. The number of rotatable bonds is 2. The molecule has 0 bridgehead atoms. The highest BCUT2D eigenvalue weighted by Gasteiger charge is 2.16. The summed E-state index contributed by atoms with van der Waals surface area (Å²) in [6.07, 6.45) is 3.03. The van der Waals surface area contributed by atoms with Gasteiger partial charge in [0.05, 0.1) is 5.70 Å². The van der Waals surface area contributed by atoms with Gasteiger partial charge in [-0.25, -0.2) is 0 Å². The van der Waals surface area contributed by atoms with E-state index in [1.165, 1.54) is 5.56 Å². The molecular weight excluding hydrogens is 284 g/mol. The Balaban J connectivity index is 2.39. The van der Waals surface area contributed by atoms with Crippen molar-refractivity contribution in [2.24, 2.45) is 4.99 Å². The Bertz CT molecular complexity index is 688. The summed E-state index contributed by atoms with van der Waals surface area (Å²) in [5.74, 6) is 0.856. The van der Waals surface area contributed by atoms with Crippen LogP contribution in [0, 0.1) is 22.7 Å². The van der Waals surface area contributed by atoms with E-state index < -0.39 is 0 Å². The Hall–Kier alpha value is -2.59. The van der Waals surface area contributed by atoms with Crippen LogP contribution < -0.4 is 5.32 Å². The van der Waals surface area contributed by atoms with Crippen LogP contribution in [0.4, 0.5) is 0 Å². The maximum Gasteiger partial charge on any atom is 0.153 e. The van der Waals surface area contributed by atoms with Gasteiger partial charge in [0.2, 0.25) is 0 Å². The normalized spacial score (nSPS) is 14.2. The van der Waals surface area contributed by atoms with Crippen LogP contribution in [0.5, 0.6) is 0 Å². The standard InChI is InChI=1S/C19H22N4/c1-19(2,3)16-9-7-14(8-10-16)18(15(12-20)13-21)23-17-6-4-5-11-22-17/h7-10H,4-6,11H2,1-3H3,(H,22,23). The van der Waals surface area contributed by atoms with E-state index in [4.69, 9.17) is 0 Å². The Morgan fingerprint density at radius 1 is 1.09 bits per heavy atom. The molecule has 1 N–H and O–H groups in total. The minimum atomic E-state index is 0.0660. The number of amidine groups is 1. The fraction of sp³-hybridized carbons (Fsp3) is 0.421. The lowest BCUT2D eigenvalue weighted by Crippen LogP contribution is -2.25. The fourth-order valence-electron chi connectivity index (χ4n) is 2.50. The number of aliphatic imine (C=N–C) groups is 1. The first-order chi connectivity index (χ1) is 11.0. The molecule has 118 valence electrons. The quantitative estimate of drug-likeness (QED) is 0.842. The molecule has 1 heterocycles. The summed E-state index contributed by atoms with van der Waals surface area (Å²) < 4.78 is 0. The molecule has 0 spiro atoms. The van der Waals surface area contributed by atoms with Crippen molar-refractivity contribution in [1.82, 2.24) is 5.32 Å². The maximum absolute atomic E-state index is 9.26. The summed E-state index contributed by atoms with van der Waals surface area (Å²) in [6.45, 7) is 7.27. The number of hydrogen-bond donors (Lipinski definition) is 1. The lowest BCUT2D eigenvalue weighted by Gasteiger charge is -2.20. The maximum atomic E-state index is 9.26. The predicted molar refractivity (Wildman–Crippen MR) is 92.6 cm³/mol. The fourth-order valence-corrected chi connectivity index (χ4v) is 2.50. The zero-order chi connectivity index (χ0) is 16.9. The highest BCUT2D eigenvalue weighted by molar-refractivity contribution is 5.93. The van der Waals surface area contributed by atoms with E-state index in [2.05, 4.69) is 31.1 Å². The monoisotopic (exact) mass is 306 g/mol. The first-order valence-corrected chi connectivity index (χ1v) is 7.91. The van der Waals surface area contributed by atoms with Crippen molar-refractivity contribution < 1.29 is 0 Å². The molecule has 1 aromatic rings. The molecule has 0 aromatic heterocycles. The van der Waals surface area contributed by atoms with Gasteiger partial charge in [-0.15, -0.1) is 0 Å². The van der Waals surface area contributed by atoms with Gasteiger partial charge in [0.15, 0.2) is 5.57 Å². The molecular formula is C19H22N4. The van der Waals surface area contributed by atoms with Gasteiger partial charge in [-0.1, -0.05) is 45.0 Å². The molecule has 23 heavy (non-hydrogen) atoms. The van der Waals surface area contributed by atoms with Crippen LogP contribution in [0.1, 0.15) is 51.2 Å². The summed E-state index contributed by atoms with van der Waals surface area (Å²) in [5, 5.41) is 21.7. The van der Waals surface area contributed by atoms with Crippen LogP contribution in [0.3, 0.4) is 0 Å². The Kier molecular flexibility index (Phi) is 5.19. The number of nitrogens with zero attached hydrogens (tertiary/aromatic N) is 3. The minimum absolute atomic E-state index is 0.0660. The molecule has 0 radical (unpaired) electrons. The summed E-state index contributed by atoms with van der Waals surface area (Å²) in [4.78, 5) is 4.46. The summed E-state index contributed by atoms with van der Waals surface area (Å²) in [5.41, 5.74) is 2.75. The molecule has 0 atom stereocenters. The molecule has 4 heteroatoms. The van der Waals surface area contributed by atoms with E-state index in [-0.39, 0.29) is 11.0 Å². The van der Waals surface area contributed by atoms with E-state index in [9.17, 15) is 10.5 Å². The molecule has 0 amide bonds. The van der Waals surface area contributed by atoms with Gasteiger partial charge in [-0.05, 0) is 23.8 Å². The van der Waals surface area contributed by atoms with Gasteiger partial charge in [0.1, 0.15) is 18.0 Å². The van der Waals surface area contributed by atoms with Gasteiger partial charge in [-0.2, -0.15) is 10.5 Å². The van der Waals surface area contributed by atoms with Crippen molar-refractivity contribution in [1.29, 1.82) is 10.5 Å². The van der Waals surface area contributed by atoms with E-state index >= 15 is 0 Å². The Morgan fingerprint density at radius 2 is 1.74 bits per heavy atom. The highest BCUT2D eigenvalue weighted by Crippen LogP contribution is 2.25. The van der Waals surface area contributed by atoms with Gasteiger partial charge in [0, 0.05) is 18.5 Å². The van der Waals surface area contributed by atoms with Crippen LogP contribution in [-0.2, 0) is 5.41 Å². The number of nitriles is 2. The predicted octanol–water partition coefficient (Wildman–Crippen LogP) is 3.91. The first-order valence-electron chi connectivity index (χ1n) is 7.91. The van der Waals surface area contributed by atoms with Crippen LogP contribution in [0.15, 0.2) is 34.8 Å². The number of nitrogens with one attached hydrogen (secondary N) is 1. The molecule has 2 rings (SSSR count). The minimum Gasteiger partial charge on any atom is -0.342 e. The second kappa shape index (κ2) is 7.11. The molecule has 1 aliphatic rings. The van der Waals surface area contributed by atoms with Crippen LogP contribution in [0.25, 0.3) is 5.70 Å². The third kappa shape index (κ3) is 4.20. The summed E-state index contributed by atoms with van der Waals surface area (Å²) in [7, 11) is 0. The summed E-state index contributed by atoms with van der Waals surface area (Å²) >= 11 is 0. The second-order valence-corrected chi connectivity index (χ2v) is 6.71. The lowest BCUT2D eigenvalue weighted by atomic mass is 9.86. The Morgan fingerprint density at radius 3 is 2.22 bits per heavy atom. The first kappa shape index (κ1) is 16.8. The zero-order valence-corrected chi connectivity index (χ0v) is 14.0. The topological polar surface area (TPSA) is 72.0 Å². The van der Waals surface area contributed by atoms with Crippen LogP contribution in [-0.4, -0.2) is 12.4 Å². The third-order valence-corrected chi connectivity index (χ3v) is 3.91. The molecule has 0 saturated carbocycles. The molecule has 0 saturated heterocycles. The van der Waals surface area contributed by atoms with Gasteiger partial charge < -0.3 is 5.32 Å². The third-order valence-electron chi connectivity index (χ3n) is 3.91. The molecule has 0 fully saturated rings. The van der Waals surface area contributed by atoms with E-state index in [0.717, 1.165) is 37.2 Å². The summed E-state index contributed by atoms with van der Waals surface area (Å²) in [6, 6.07) is 12.0. The van der Waals surface area contributed by atoms with E-state index in [0.29, 0.717) is 5.70 Å². The van der Waals surface area contributed by atoms with Crippen molar-refractivity contribution >= 4 is 11.5 Å². The molecule has 1 aromatic carbocycles. The van der Waals surface area contributed by atoms with Gasteiger partial charge >= 0.3 is 0 Å². The SMILES string of the molecule is CC(C)(C)c1ccc(C(NC2=NCCCC2)=C(C#N)C#N)cc1. The van der Waals surface area contributed by atoms with Crippen molar-refractivity contribution in [2.75, 3.05) is 6.54 Å². The zero-order valence-electron chi connectivity index (χ0n) is 14.0. The lowest BCUT2D eigenvalue weighted by molar-refractivity contribution is 0.590. The van der Waals surface area contributed by atoms with Crippen molar-refractivity contribution in [2.45, 2.75) is 45.4 Å². The number of benzene rings is 1.